The fraction of sp³-hybridized carbons (Fsp3) is 0.375. The molecule has 0 amide bonds. The summed E-state index contributed by atoms with van der Waals surface area (Å²) in [5.41, 5.74) is 6.34. The van der Waals surface area contributed by atoms with E-state index in [0.29, 0.717) is 23.4 Å². The minimum absolute atomic E-state index is 0.414. The van der Waals surface area contributed by atoms with Gasteiger partial charge >= 0.3 is 0 Å². The minimum Gasteiger partial charge on any atom is -0.329 e. The van der Waals surface area contributed by atoms with Crippen molar-refractivity contribution in [2.45, 2.75) is 6.54 Å². The van der Waals surface area contributed by atoms with Crippen LogP contribution in [0.25, 0.3) is 0 Å². The summed E-state index contributed by atoms with van der Waals surface area (Å²) in [7, 11) is 0. The first-order chi connectivity index (χ1) is 6.22. The van der Waals surface area contributed by atoms with E-state index in [1.807, 2.05) is 0 Å². The van der Waals surface area contributed by atoms with Gasteiger partial charge in [0.15, 0.2) is 0 Å². The number of nitrogens with two attached hydrogens (primary N) is 1. The van der Waals surface area contributed by atoms with Gasteiger partial charge in [0.05, 0.1) is 0 Å². The van der Waals surface area contributed by atoms with Crippen molar-refractivity contribution < 1.29 is 0 Å². The van der Waals surface area contributed by atoms with Crippen LogP contribution in [0.5, 0.6) is 0 Å². The van der Waals surface area contributed by atoms with Crippen molar-refractivity contribution in [1.82, 2.24) is 10.3 Å². The van der Waals surface area contributed by atoms with Gasteiger partial charge in [0.25, 0.3) is 0 Å². The molecule has 0 radical (unpaired) electrons. The molecule has 0 aliphatic heterocycles. The van der Waals surface area contributed by atoms with Crippen LogP contribution in [0.1, 0.15) is 5.56 Å². The van der Waals surface area contributed by atoms with Crippen LogP contribution < -0.4 is 11.1 Å². The van der Waals surface area contributed by atoms with Crippen LogP contribution in [0.15, 0.2) is 12.1 Å². The molecular weight excluding hydrogens is 209 g/mol. The van der Waals surface area contributed by atoms with Crippen LogP contribution in [-0.2, 0) is 6.54 Å². The van der Waals surface area contributed by atoms with Crippen molar-refractivity contribution >= 4 is 23.2 Å². The monoisotopic (exact) mass is 219 g/mol. The Morgan fingerprint density at radius 1 is 1.31 bits per heavy atom. The second kappa shape index (κ2) is 5.40. The van der Waals surface area contributed by atoms with Crippen molar-refractivity contribution in [1.29, 1.82) is 0 Å². The summed E-state index contributed by atoms with van der Waals surface area (Å²) in [5, 5.41) is 3.96. The van der Waals surface area contributed by atoms with E-state index in [4.69, 9.17) is 28.9 Å². The number of nitrogens with zero attached hydrogens (tertiary/aromatic N) is 1. The number of hydrogen-bond acceptors (Lipinski definition) is 3. The second-order valence-electron chi connectivity index (χ2n) is 2.59. The van der Waals surface area contributed by atoms with E-state index in [1.54, 1.807) is 12.1 Å². The van der Waals surface area contributed by atoms with Gasteiger partial charge in [0.1, 0.15) is 10.3 Å². The second-order valence-corrected chi connectivity index (χ2v) is 3.36. The number of aromatic nitrogens is 1. The molecule has 0 unspecified atom stereocenters. The Morgan fingerprint density at radius 3 is 2.46 bits per heavy atom. The lowest BCUT2D eigenvalue weighted by Crippen LogP contribution is -2.21. The lowest BCUT2D eigenvalue weighted by Gasteiger charge is -2.03. The van der Waals surface area contributed by atoms with E-state index in [9.17, 15) is 0 Å². The molecule has 0 atom stereocenters. The average molecular weight is 220 g/mol. The number of nitrogens with one attached hydrogen (secondary N) is 1. The van der Waals surface area contributed by atoms with Gasteiger partial charge in [-0.05, 0) is 17.7 Å². The lowest BCUT2D eigenvalue weighted by molar-refractivity contribution is 0.694. The van der Waals surface area contributed by atoms with E-state index >= 15 is 0 Å². The van der Waals surface area contributed by atoms with Crippen LogP contribution in [0.4, 0.5) is 0 Å². The third-order valence-electron chi connectivity index (χ3n) is 1.47. The predicted molar refractivity (Wildman–Crippen MR) is 55.0 cm³/mol. The smallest absolute Gasteiger partial charge is 0.131 e. The summed E-state index contributed by atoms with van der Waals surface area (Å²) in [6.45, 7) is 2.10. The summed E-state index contributed by atoms with van der Waals surface area (Å²) < 4.78 is 0. The van der Waals surface area contributed by atoms with Crippen LogP contribution in [-0.4, -0.2) is 18.1 Å². The van der Waals surface area contributed by atoms with Gasteiger partial charge in [-0.25, -0.2) is 4.98 Å². The Bertz CT molecular complexity index is 258. The Balaban J connectivity index is 2.56. The van der Waals surface area contributed by atoms with Gasteiger partial charge in [-0.3, -0.25) is 0 Å². The zero-order valence-corrected chi connectivity index (χ0v) is 8.57. The summed E-state index contributed by atoms with van der Waals surface area (Å²) >= 11 is 11.4. The number of hydrogen-bond donors (Lipinski definition) is 2. The molecule has 0 aliphatic rings. The minimum atomic E-state index is 0.414. The first-order valence-electron chi connectivity index (χ1n) is 3.95. The Hall–Kier alpha value is -0.350. The highest BCUT2D eigenvalue weighted by Gasteiger charge is 1.98. The largest absolute Gasteiger partial charge is 0.329 e. The SMILES string of the molecule is NCCNCc1cc(Cl)nc(Cl)c1. The number of rotatable bonds is 4. The quantitative estimate of drug-likeness (QED) is 0.596. The van der Waals surface area contributed by atoms with Gasteiger partial charge in [0, 0.05) is 19.6 Å². The number of pyridine rings is 1. The molecule has 1 heterocycles. The molecule has 0 bridgehead atoms. The molecule has 72 valence electrons. The summed E-state index contributed by atoms with van der Waals surface area (Å²) in [6, 6.07) is 3.55. The molecule has 0 aliphatic carbocycles. The molecule has 1 aromatic rings. The Labute approximate surface area is 87.2 Å². The molecular formula is C8H11Cl2N3. The zero-order valence-electron chi connectivity index (χ0n) is 7.06. The molecule has 0 saturated carbocycles. The first kappa shape index (κ1) is 10.7. The van der Waals surface area contributed by atoms with Crippen molar-refractivity contribution in [3.05, 3.63) is 28.0 Å². The molecule has 0 saturated heterocycles. The fourth-order valence-corrected chi connectivity index (χ4v) is 1.46. The van der Waals surface area contributed by atoms with E-state index in [2.05, 4.69) is 10.3 Å². The predicted octanol–water partition coefficient (Wildman–Crippen LogP) is 1.44. The van der Waals surface area contributed by atoms with E-state index in [-0.39, 0.29) is 0 Å². The van der Waals surface area contributed by atoms with Crippen molar-refractivity contribution in [2.24, 2.45) is 5.73 Å². The highest BCUT2D eigenvalue weighted by Crippen LogP contribution is 2.14. The standard InChI is InChI=1S/C8H11Cl2N3/c9-7-3-6(4-8(10)13-7)5-12-2-1-11/h3-4,12H,1-2,5,11H2. The topological polar surface area (TPSA) is 50.9 Å². The third-order valence-corrected chi connectivity index (χ3v) is 1.86. The van der Waals surface area contributed by atoms with Crippen molar-refractivity contribution in [3.8, 4) is 0 Å². The molecule has 5 heteroatoms. The number of halogens is 2. The van der Waals surface area contributed by atoms with Crippen molar-refractivity contribution in [2.75, 3.05) is 13.1 Å². The maximum absolute atomic E-state index is 5.71. The molecule has 1 rings (SSSR count). The summed E-state index contributed by atoms with van der Waals surface area (Å²) in [5.74, 6) is 0. The summed E-state index contributed by atoms with van der Waals surface area (Å²) in [6.07, 6.45) is 0. The normalized spacial score (nSPS) is 10.4. The van der Waals surface area contributed by atoms with E-state index in [1.165, 1.54) is 0 Å². The molecule has 1 aromatic heterocycles. The zero-order chi connectivity index (χ0) is 9.68. The maximum Gasteiger partial charge on any atom is 0.131 e. The van der Waals surface area contributed by atoms with Gasteiger partial charge in [-0.1, -0.05) is 23.2 Å². The van der Waals surface area contributed by atoms with E-state index < -0.39 is 0 Å². The van der Waals surface area contributed by atoms with Gasteiger partial charge < -0.3 is 11.1 Å². The van der Waals surface area contributed by atoms with Crippen molar-refractivity contribution in [3.63, 3.8) is 0 Å². The first-order valence-corrected chi connectivity index (χ1v) is 4.70. The summed E-state index contributed by atoms with van der Waals surface area (Å²) in [4.78, 5) is 3.84. The highest BCUT2D eigenvalue weighted by atomic mass is 35.5. The van der Waals surface area contributed by atoms with Crippen LogP contribution in [0.2, 0.25) is 10.3 Å². The maximum atomic E-state index is 5.71. The van der Waals surface area contributed by atoms with Crippen LogP contribution in [0.3, 0.4) is 0 Å². The molecule has 13 heavy (non-hydrogen) atoms. The Morgan fingerprint density at radius 2 is 1.92 bits per heavy atom. The molecule has 0 spiro atoms. The van der Waals surface area contributed by atoms with Crippen LogP contribution >= 0.6 is 23.2 Å². The van der Waals surface area contributed by atoms with E-state index in [0.717, 1.165) is 12.1 Å². The lowest BCUT2D eigenvalue weighted by atomic mass is 10.3. The van der Waals surface area contributed by atoms with Crippen LogP contribution in [0, 0.1) is 0 Å². The molecule has 0 aromatic carbocycles. The molecule has 3 nitrogen and oxygen atoms in total. The fourth-order valence-electron chi connectivity index (χ4n) is 0.951. The third kappa shape index (κ3) is 3.91. The molecule has 0 fully saturated rings. The molecule has 3 N–H and O–H groups in total. The van der Waals surface area contributed by atoms with Gasteiger partial charge in [-0.2, -0.15) is 0 Å². The Kier molecular flexibility index (Phi) is 4.45. The van der Waals surface area contributed by atoms with Gasteiger partial charge in [0.2, 0.25) is 0 Å². The van der Waals surface area contributed by atoms with Gasteiger partial charge in [-0.15, -0.1) is 0 Å². The highest BCUT2D eigenvalue weighted by molar-refractivity contribution is 6.32. The average Bonchev–Trinajstić information content (AvgIpc) is 2.03.